The Morgan fingerprint density at radius 1 is 1.29 bits per heavy atom. The highest BCUT2D eigenvalue weighted by Crippen LogP contribution is 2.17. The van der Waals surface area contributed by atoms with Crippen molar-refractivity contribution in [2.45, 2.75) is 38.8 Å². The molecule has 0 aliphatic carbocycles. The van der Waals surface area contributed by atoms with Crippen molar-refractivity contribution in [2.75, 3.05) is 39.9 Å². The first kappa shape index (κ1) is 14.4. The summed E-state index contributed by atoms with van der Waals surface area (Å²) in [6.07, 6.45) is 1.08. The van der Waals surface area contributed by atoms with E-state index < -0.39 is 0 Å². The molecule has 0 saturated carbocycles. The Morgan fingerprint density at radius 3 is 2.35 bits per heavy atom. The van der Waals surface area contributed by atoms with Gasteiger partial charge in [-0.15, -0.1) is 0 Å². The normalized spacial score (nSPS) is 21.1. The van der Waals surface area contributed by atoms with Crippen LogP contribution in [0, 0.1) is 11.3 Å². The summed E-state index contributed by atoms with van der Waals surface area (Å²) >= 11 is 0. The van der Waals surface area contributed by atoms with Crippen molar-refractivity contribution in [2.24, 2.45) is 0 Å². The molecule has 0 aromatic carbocycles. The Bertz CT molecular complexity index is 264. The Balaban J connectivity index is 2.38. The molecule has 1 saturated heterocycles. The lowest BCUT2D eigenvalue weighted by molar-refractivity contribution is 0.0505. The molecule has 4 nitrogen and oxygen atoms in total. The minimum atomic E-state index is -0.331. The molecule has 0 aromatic heterocycles. The van der Waals surface area contributed by atoms with E-state index in [0.29, 0.717) is 6.04 Å². The zero-order valence-corrected chi connectivity index (χ0v) is 11.6. The first-order chi connectivity index (χ1) is 8.01. The maximum atomic E-state index is 9.12. The number of piperazine rings is 1. The first-order valence-corrected chi connectivity index (χ1v) is 6.40. The van der Waals surface area contributed by atoms with Crippen LogP contribution in [0.3, 0.4) is 0 Å². The highest BCUT2D eigenvalue weighted by Gasteiger charge is 2.30. The molecular weight excluding hydrogens is 214 g/mol. The Morgan fingerprint density at radius 2 is 1.88 bits per heavy atom. The molecular formula is C13H25N3O. The SMILES string of the molecule is COCCC(C)N1CCN(C(C)(C)C#N)CC1. The second-order valence-corrected chi connectivity index (χ2v) is 5.32. The Hall–Kier alpha value is -0.630. The van der Waals surface area contributed by atoms with E-state index in [1.165, 1.54) is 0 Å². The number of nitrogens with zero attached hydrogens (tertiary/aromatic N) is 3. The van der Waals surface area contributed by atoms with Crippen molar-refractivity contribution in [3.63, 3.8) is 0 Å². The largest absolute Gasteiger partial charge is 0.385 e. The van der Waals surface area contributed by atoms with Crippen LogP contribution in [0.25, 0.3) is 0 Å². The van der Waals surface area contributed by atoms with Gasteiger partial charge in [0, 0.05) is 45.9 Å². The maximum Gasteiger partial charge on any atom is 0.103 e. The molecule has 1 fully saturated rings. The summed E-state index contributed by atoms with van der Waals surface area (Å²) in [6, 6.07) is 2.95. The van der Waals surface area contributed by atoms with Crippen molar-refractivity contribution < 1.29 is 4.74 Å². The monoisotopic (exact) mass is 239 g/mol. The molecule has 1 aliphatic heterocycles. The second-order valence-electron chi connectivity index (χ2n) is 5.32. The minimum Gasteiger partial charge on any atom is -0.385 e. The predicted molar refractivity (Wildman–Crippen MR) is 68.8 cm³/mol. The van der Waals surface area contributed by atoms with Crippen molar-refractivity contribution in [3.05, 3.63) is 0 Å². The van der Waals surface area contributed by atoms with E-state index in [-0.39, 0.29) is 5.54 Å². The van der Waals surface area contributed by atoms with E-state index in [2.05, 4.69) is 22.8 Å². The lowest BCUT2D eigenvalue weighted by atomic mass is 10.0. The van der Waals surface area contributed by atoms with Gasteiger partial charge in [-0.25, -0.2) is 0 Å². The minimum absolute atomic E-state index is 0.331. The molecule has 0 N–H and O–H groups in total. The molecule has 4 heteroatoms. The van der Waals surface area contributed by atoms with Gasteiger partial charge in [0.05, 0.1) is 6.07 Å². The predicted octanol–water partition coefficient (Wildman–Crippen LogP) is 1.33. The molecule has 0 radical (unpaired) electrons. The van der Waals surface area contributed by atoms with Crippen LogP contribution in [0.4, 0.5) is 0 Å². The Labute approximate surface area is 105 Å². The summed E-state index contributed by atoms with van der Waals surface area (Å²) in [5, 5.41) is 9.12. The molecule has 0 amide bonds. The number of hydrogen-bond acceptors (Lipinski definition) is 4. The zero-order valence-electron chi connectivity index (χ0n) is 11.6. The van der Waals surface area contributed by atoms with Gasteiger partial charge in [-0.1, -0.05) is 0 Å². The topological polar surface area (TPSA) is 39.5 Å². The fourth-order valence-electron chi connectivity index (χ4n) is 2.26. The molecule has 1 rings (SSSR count). The van der Waals surface area contributed by atoms with Gasteiger partial charge in [-0.3, -0.25) is 9.80 Å². The Kier molecular flexibility index (Phi) is 5.38. The molecule has 0 bridgehead atoms. The van der Waals surface area contributed by atoms with Crippen LogP contribution in [0.15, 0.2) is 0 Å². The van der Waals surface area contributed by atoms with Crippen LogP contribution in [-0.4, -0.2) is 61.3 Å². The molecule has 1 atom stereocenters. The third-order valence-electron chi connectivity index (χ3n) is 3.74. The third-order valence-corrected chi connectivity index (χ3v) is 3.74. The highest BCUT2D eigenvalue weighted by atomic mass is 16.5. The van der Waals surface area contributed by atoms with Gasteiger partial charge in [0.25, 0.3) is 0 Å². The van der Waals surface area contributed by atoms with Crippen molar-refractivity contribution >= 4 is 0 Å². The van der Waals surface area contributed by atoms with Crippen LogP contribution in [0.1, 0.15) is 27.2 Å². The standard InChI is InChI=1S/C13H25N3O/c1-12(5-10-17-4)15-6-8-16(9-7-15)13(2,3)11-14/h12H,5-10H2,1-4H3. The van der Waals surface area contributed by atoms with E-state index in [1.807, 2.05) is 13.8 Å². The lowest BCUT2D eigenvalue weighted by Gasteiger charge is -2.42. The summed E-state index contributed by atoms with van der Waals surface area (Å²) < 4.78 is 5.12. The van der Waals surface area contributed by atoms with Crippen molar-refractivity contribution in [3.8, 4) is 6.07 Å². The van der Waals surface area contributed by atoms with Crippen LogP contribution in [0.2, 0.25) is 0 Å². The summed E-state index contributed by atoms with van der Waals surface area (Å²) in [4.78, 5) is 4.76. The van der Waals surface area contributed by atoms with E-state index >= 15 is 0 Å². The van der Waals surface area contributed by atoms with Gasteiger partial charge in [0.1, 0.15) is 5.54 Å². The third kappa shape index (κ3) is 3.95. The molecule has 1 aliphatic rings. The zero-order chi connectivity index (χ0) is 12.9. The highest BCUT2D eigenvalue weighted by molar-refractivity contribution is 5.03. The molecule has 1 unspecified atom stereocenters. The fourth-order valence-corrected chi connectivity index (χ4v) is 2.26. The number of hydrogen-bond donors (Lipinski definition) is 0. The van der Waals surface area contributed by atoms with E-state index in [4.69, 9.17) is 10.00 Å². The molecule has 1 heterocycles. The van der Waals surface area contributed by atoms with E-state index in [1.54, 1.807) is 7.11 Å². The first-order valence-electron chi connectivity index (χ1n) is 6.40. The van der Waals surface area contributed by atoms with Gasteiger partial charge in [0.15, 0.2) is 0 Å². The number of nitriles is 1. The fraction of sp³-hybridized carbons (Fsp3) is 0.923. The van der Waals surface area contributed by atoms with Crippen LogP contribution < -0.4 is 0 Å². The van der Waals surface area contributed by atoms with Gasteiger partial charge in [0.2, 0.25) is 0 Å². The average molecular weight is 239 g/mol. The second kappa shape index (κ2) is 6.34. The smallest absolute Gasteiger partial charge is 0.103 e. The summed E-state index contributed by atoms with van der Waals surface area (Å²) in [6.45, 7) is 11.1. The van der Waals surface area contributed by atoms with E-state index in [0.717, 1.165) is 39.2 Å². The molecule has 0 spiro atoms. The lowest BCUT2D eigenvalue weighted by Crippen LogP contribution is -2.55. The summed E-state index contributed by atoms with van der Waals surface area (Å²) in [7, 11) is 1.75. The summed E-state index contributed by atoms with van der Waals surface area (Å²) in [5.74, 6) is 0. The van der Waals surface area contributed by atoms with Gasteiger partial charge in [-0.2, -0.15) is 5.26 Å². The van der Waals surface area contributed by atoms with Crippen molar-refractivity contribution in [1.82, 2.24) is 9.80 Å². The van der Waals surface area contributed by atoms with Gasteiger partial charge < -0.3 is 4.74 Å². The number of ether oxygens (including phenoxy) is 1. The van der Waals surface area contributed by atoms with Crippen LogP contribution in [0.5, 0.6) is 0 Å². The van der Waals surface area contributed by atoms with Crippen LogP contribution in [-0.2, 0) is 4.74 Å². The number of rotatable bonds is 5. The molecule has 0 aromatic rings. The van der Waals surface area contributed by atoms with Crippen LogP contribution >= 0.6 is 0 Å². The van der Waals surface area contributed by atoms with Gasteiger partial charge in [-0.05, 0) is 27.2 Å². The van der Waals surface area contributed by atoms with Crippen molar-refractivity contribution in [1.29, 1.82) is 5.26 Å². The number of methoxy groups -OCH3 is 1. The molecule has 98 valence electrons. The average Bonchev–Trinajstić information content (AvgIpc) is 2.36. The van der Waals surface area contributed by atoms with E-state index in [9.17, 15) is 0 Å². The van der Waals surface area contributed by atoms with Gasteiger partial charge >= 0.3 is 0 Å². The maximum absolute atomic E-state index is 9.12. The molecule has 17 heavy (non-hydrogen) atoms. The quantitative estimate of drug-likeness (QED) is 0.725. The summed E-state index contributed by atoms with van der Waals surface area (Å²) in [5.41, 5.74) is -0.331.